The van der Waals surface area contributed by atoms with Gasteiger partial charge in [-0.05, 0) is 55.5 Å². The van der Waals surface area contributed by atoms with Crippen molar-refractivity contribution in [2.45, 2.75) is 52.0 Å². The number of carbonyl (C=O) groups excluding carboxylic acids is 2. The number of halogens is 1. The Morgan fingerprint density at radius 3 is 2.57 bits per heavy atom. The number of benzene rings is 1. The molecule has 4 rings (SSSR count). The number of aromatic nitrogens is 3. The molecule has 35 heavy (non-hydrogen) atoms. The summed E-state index contributed by atoms with van der Waals surface area (Å²) in [5, 5.41) is 21.7. The van der Waals surface area contributed by atoms with Crippen LogP contribution in [0.1, 0.15) is 53.8 Å². The van der Waals surface area contributed by atoms with Gasteiger partial charge in [0.2, 0.25) is 5.91 Å². The summed E-state index contributed by atoms with van der Waals surface area (Å²) in [6.45, 7) is 3.46. The highest BCUT2D eigenvalue weighted by Gasteiger charge is 2.32. The van der Waals surface area contributed by atoms with Gasteiger partial charge in [-0.15, -0.1) is 0 Å². The number of aryl methyl sites for hydroxylation is 2. The molecule has 1 aliphatic carbocycles. The Morgan fingerprint density at radius 2 is 1.91 bits per heavy atom. The minimum Gasteiger partial charge on any atom is -0.618 e. The molecule has 2 amide bonds. The predicted molar refractivity (Wildman–Crippen MR) is 130 cm³/mol. The normalized spacial score (nSPS) is 15.0. The Bertz CT molecular complexity index is 1250. The van der Waals surface area contributed by atoms with Crippen LogP contribution in [0.2, 0.25) is 0 Å². The van der Waals surface area contributed by atoms with E-state index in [9.17, 15) is 14.8 Å². The number of amides is 2. The maximum atomic E-state index is 15.1. The van der Waals surface area contributed by atoms with Gasteiger partial charge in [0.05, 0.1) is 5.56 Å². The van der Waals surface area contributed by atoms with Gasteiger partial charge < -0.3 is 15.8 Å². The van der Waals surface area contributed by atoms with Gasteiger partial charge in [-0.2, -0.15) is 9.83 Å². The largest absolute Gasteiger partial charge is 0.618 e. The standard InChI is InChI=1S/C26H30FN5O3/c1-16-12-14-32(35)17(2)23(16)20-10-9-19(15-21(20)27)29-26(34)24(18-7-5-4-6-8-18)30-25(33)22-11-13-28-31(22)3/h9-15,18,24H,4-8H2,1-3H3,(H,29,34)(H,30,33)/t24-/m0/s1. The molecule has 8 nitrogen and oxygen atoms in total. The predicted octanol–water partition coefficient (Wildman–Crippen LogP) is 3.79. The lowest BCUT2D eigenvalue weighted by atomic mass is 9.83. The number of hydrogen-bond acceptors (Lipinski definition) is 4. The van der Waals surface area contributed by atoms with Crippen molar-refractivity contribution < 1.29 is 18.7 Å². The number of rotatable bonds is 6. The van der Waals surface area contributed by atoms with E-state index in [1.165, 1.54) is 23.1 Å². The fourth-order valence-corrected chi connectivity index (χ4v) is 4.87. The highest BCUT2D eigenvalue weighted by molar-refractivity contribution is 6.00. The molecule has 0 saturated heterocycles. The second kappa shape index (κ2) is 10.2. The summed E-state index contributed by atoms with van der Waals surface area (Å²) in [7, 11) is 1.67. The van der Waals surface area contributed by atoms with Gasteiger partial charge in [0, 0.05) is 37.5 Å². The third-order valence-corrected chi connectivity index (χ3v) is 6.80. The van der Waals surface area contributed by atoms with Crippen molar-refractivity contribution in [2.24, 2.45) is 13.0 Å². The Hall–Kier alpha value is -3.75. The first-order valence-electron chi connectivity index (χ1n) is 11.8. The van der Waals surface area contributed by atoms with E-state index in [0.717, 1.165) is 37.7 Å². The van der Waals surface area contributed by atoms with E-state index in [1.54, 1.807) is 38.2 Å². The molecule has 1 fully saturated rings. The number of pyridine rings is 1. The van der Waals surface area contributed by atoms with Crippen LogP contribution in [0, 0.1) is 30.8 Å². The molecule has 0 aliphatic heterocycles. The average Bonchev–Trinajstić information content (AvgIpc) is 3.27. The van der Waals surface area contributed by atoms with E-state index in [0.29, 0.717) is 21.7 Å². The van der Waals surface area contributed by atoms with Crippen LogP contribution in [-0.4, -0.2) is 27.6 Å². The second-order valence-corrected chi connectivity index (χ2v) is 9.16. The molecule has 2 aromatic heterocycles. The molecule has 0 unspecified atom stereocenters. The minimum atomic E-state index is -0.751. The smallest absolute Gasteiger partial charge is 0.270 e. The zero-order valence-corrected chi connectivity index (χ0v) is 20.2. The monoisotopic (exact) mass is 479 g/mol. The van der Waals surface area contributed by atoms with Crippen molar-refractivity contribution in [3.8, 4) is 11.1 Å². The van der Waals surface area contributed by atoms with Crippen LogP contribution in [0.15, 0.2) is 42.7 Å². The van der Waals surface area contributed by atoms with E-state index in [2.05, 4.69) is 15.7 Å². The second-order valence-electron chi connectivity index (χ2n) is 9.16. The lowest BCUT2D eigenvalue weighted by Gasteiger charge is -2.30. The van der Waals surface area contributed by atoms with Crippen molar-refractivity contribution in [3.63, 3.8) is 0 Å². The number of nitrogens with zero attached hydrogens (tertiary/aromatic N) is 3. The first-order chi connectivity index (χ1) is 16.8. The molecule has 2 heterocycles. The van der Waals surface area contributed by atoms with Crippen LogP contribution in [0.3, 0.4) is 0 Å². The first kappa shape index (κ1) is 24.4. The lowest BCUT2D eigenvalue weighted by molar-refractivity contribution is -0.611. The van der Waals surface area contributed by atoms with Crippen molar-refractivity contribution >= 4 is 17.5 Å². The molecular weight excluding hydrogens is 449 g/mol. The Kier molecular flexibility index (Phi) is 7.14. The number of hydrogen-bond donors (Lipinski definition) is 2. The van der Waals surface area contributed by atoms with Gasteiger partial charge in [-0.3, -0.25) is 14.3 Å². The number of nitrogens with one attached hydrogen (secondary N) is 2. The summed E-state index contributed by atoms with van der Waals surface area (Å²) in [4.78, 5) is 26.1. The van der Waals surface area contributed by atoms with Gasteiger partial charge in [0.25, 0.3) is 5.91 Å². The van der Waals surface area contributed by atoms with Crippen LogP contribution in [0.5, 0.6) is 0 Å². The van der Waals surface area contributed by atoms with E-state index in [-0.39, 0.29) is 29.0 Å². The van der Waals surface area contributed by atoms with Crippen LogP contribution < -0.4 is 15.4 Å². The van der Waals surface area contributed by atoms with Crippen molar-refractivity contribution in [2.75, 3.05) is 5.32 Å². The molecule has 0 spiro atoms. The minimum absolute atomic E-state index is 0.00725. The van der Waals surface area contributed by atoms with Crippen molar-refractivity contribution in [1.82, 2.24) is 15.1 Å². The molecule has 184 valence electrons. The van der Waals surface area contributed by atoms with Crippen LogP contribution >= 0.6 is 0 Å². The summed E-state index contributed by atoms with van der Waals surface area (Å²) in [6, 6.07) is 6.90. The fraction of sp³-hybridized carbons (Fsp3) is 0.385. The maximum absolute atomic E-state index is 15.1. The number of anilines is 1. The zero-order chi connectivity index (χ0) is 25.1. The highest BCUT2D eigenvalue weighted by Crippen LogP contribution is 2.31. The summed E-state index contributed by atoms with van der Waals surface area (Å²) < 4.78 is 17.3. The van der Waals surface area contributed by atoms with E-state index >= 15 is 4.39 Å². The Morgan fingerprint density at radius 1 is 1.17 bits per heavy atom. The number of carbonyl (C=O) groups is 2. The van der Waals surface area contributed by atoms with Gasteiger partial charge in [-0.1, -0.05) is 19.3 Å². The topological polar surface area (TPSA) is 103 Å². The SMILES string of the molecule is Cc1cc[n+]([O-])c(C)c1-c1ccc(NC(=O)[C@@H](NC(=O)c2ccnn2C)C2CCCCC2)cc1F. The molecule has 1 aliphatic rings. The van der Waals surface area contributed by atoms with E-state index in [1.807, 2.05) is 6.92 Å². The quantitative estimate of drug-likeness (QED) is 0.415. The Labute approximate surface area is 203 Å². The van der Waals surface area contributed by atoms with Gasteiger partial charge >= 0.3 is 0 Å². The van der Waals surface area contributed by atoms with Crippen molar-refractivity contribution in [3.05, 3.63) is 70.7 Å². The van der Waals surface area contributed by atoms with Crippen LogP contribution in [-0.2, 0) is 11.8 Å². The summed E-state index contributed by atoms with van der Waals surface area (Å²) in [5.74, 6) is -1.32. The average molecular weight is 480 g/mol. The van der Waals surface area contributed by atoms with Crippen LogP contribution in [0.25, 0.3) is 11.1 Å². The van der Waals surface area contributed by atoms with E-state index in [4.69, 9.17) is 0 Å². The summed E-state index contributed by atoms with van der Waals surface area (Å²) in [6.07, 6.45) is 7.68. The third-order valence-electron chi connectivity index (χ3n) is 6.80. The molecule has 1 atom stereocenters. The molecule has 0 radical (unpaired) electrons. The van der Waals surface area contributed by atoms with Gasteiger partial charge in [0.15, 0.2) is 11.9 Å². The highest BCUT2D eigenvalue weighted by atomic mass is 19.1. The summed E-state index contributed by atoms with van der Waals surface area (Å²) in [5.41, 5.74) is 2.64. The fourth-order valence-electron chi connectivity index (χ4n) is 4.87. The molecule has 1 saturated carbocycles. The molecular formula is C26H30FN5O3. The van der Waals surface area contributed by atoms with E-state index < -0.39 is 11.9 Å². The molecule has 1 aromatic carbocycles. The maximum Gasteiger partial charge on any atom is 0.270 e. The zero-order valence-electron chi connectivity index (χ0n) is 20.2. The first-order valence-corrected chi connectivity index (χ1v) is 11.8. The van der Waals surface area contributed by atoms with Gasteiger partial charge in [0.1, 0.15) is 17.6 Å². The lowest BCUT2D eigenvalue weighted by Crippen LogP contribution is -2.49. The third kappa shape index (κ3) is 5.18. The Balaban J connectivity index is 1.57. The van der Waals surface area contributed by atoms with Gasteiger partial charge in [-0.25, -0.2) is 4.39 Å². The molecule has 9 heteroatoms. The summed E-state index contributed by atoms with van der Waals surface area (Å²) >= 11 is 0. The van der Waals surface area contributed by atoms with Crippen molar-refractivity contribution in [1.29, 1.82) is 0 Å². The van der Waals surface area contributed by atoms with Crippen LogP contribution in [0.4, 0.5) is 10.1 Å². The molecule has 0 bridgehead atoms. The molecule has 2 N–H and O–H groups in total. The molecule has 3 aromatic rings.